The number of aromatic nitrogens is 1. The van der Waals surface area contributed by atoms with Gasteiger partial charge in [-0.15, -0.1) is 11.8 Å². The van der Waals surface area contributed by atoms with E-state index in [2.05, 4.69) is 4.98 Å². The number of aromatic carboxylic acids is 1. The molecular weight excluding hydrogens is 358 g/mol. The van der Waals surface area contributed by atoms with Crippen molar-refractivity contribution in [2.45, 2.75) is 31.6 Å². The SMILES string of the molecule is CCCCSc1cc2[nH]c(C)c(C(=O)O)c(=O)c2c(N(C)C)c1[N+](=O)[O-]. The highest BCUT2D eigenvalue weighted by Crippen LogP contribution is 2.41. The summed E-state index contributed by atoms with van der Waals surface area (Å²) in [5.41, 5.74) is -0.560. The monoisotopic (exact) mass is 379 g/mol. The van der Waals surface area contributed by atoms with E-state index in [4.69, 9.17) is 0 Å². The Balaban J connectivity index is 2.95. The lowest BCUT2D eigenvalue weighted by atomic mass is 10.1. The fourth-order valence-electron chi connectivity index (χ4n) is 2.83. The number of hydrogen-bond donors (Lipinski definition) is 2. The number of hydrogen-bond acceptors (Lipinski definition) is 6. The molecule has 0 spiro atoms. The van der Waals surface area contributed by atoms with Crippen molar-refractivity contribution in [2.75, 3.05) is 24.7 Å². The van der Waals surface area contributed by atoms with Crippen LogP contribution < -0.4 is 10.3 Å². The zero-order valence-electron chi connectivity index (χ0n) is 15.1. The van der Waals surface area contributed by atoms with Crippen molar-refractivity contribution in [1.29, 1.82) is 0 Å². The third-order valence-corrected chi connectivity index (χ3v) is 5.10. The molecule has 0 aliphatic rings. The summed E-state index contributed by atoms with van der Waals surface area (Å²) in [4.78, 5) is 40.4. The average molecular weight is 379 g/mol. The van der Waals surface area contributed by atoms with Gasteiger partial charge in [0.1, 0.15) is 11.3 Å². The number of thioether (sulfide) groups is 1. The van der Waals surface area contributed by atoms with E-state index in [9.17, 15) is 24.8 Å². The Hall–Kier alpha value is -2.55. The normalized spacial score (nSPS) is 10.9. The van der Waals surface area contributed by atoms with E-state index in [1.54, 1.807) is 20.2 Å². The molecule has 9 heteroatoms. The van der Waals surface area contributed by atoms with Gasteiger partial charge in [0.05, 0.1) is 20.7 Å². The lowest BCUT2D eigenvalue weighted by Crippen LogP contribution is -2.22. The van der Waals surface area contributed by atoms with Crippen LogP contribution in [-0.2, 0) is 0 Å². The average Bonchev–Trinajstić information content (AvgIpc) is 2.52. The van der Waals surface area contributed by atoms with Crippen LogP contribution in [0, 0.1) is 17.0 Å². The molecule has 8 nitrogen and oxygen atoms in total. The van der Waals surface area contributed by atoms with Gasteiger partial charge in [-0.3, -0.25) is 14.9 Å². The van der Waals surface area contributed by atoms with E-state index in [0.717, 1.165) is 12.8 Å². The number of carbonyl (C=O) groups is 1. The van der Waals surface area contributed by atoms with E-state index >= 15 is 0 Å². The van der Waals surface area contributed by atoms with Gasteiger partial charge in [-0.25, -0.2) is 4.79 Å². The standard InChI is InChI=1S/C17H21N3O5S/c1-5-6-7-26-11-8-10-13(15(19(3)4)14(11)20(24)25)16(21)12(17(22)23)9(2)18-10/h8H,5-7H2,1-4H3,(H,18,21)(H,22,23). The van der Waals surface area contributed by atoms with Crippen molar-refractivity contribution in [3.63, 3.8) is 0 Å². The lowest BCUT2D eigenvalue weighted by molar-refractivity contribution is -0.386. The van der Waals surface area contributed by atoms with Crippen molar-refractivity contribution in [2.24, 2.45) is 0 Å². The van der Waals surface area contributed by atoms with Crippen molar-refractivity contribution < 1.29 is 14.8 Å². The van der Waals surface area contributed by atoms with Crippen molar-refractivity contribution in [3.05, 3.63) is 37.7 Å². The largest absolute Gasteiger partial charge is 0.477 e. The minimum Gasteiger partial charge on any atom is -0.477 e. The van der Waals surface area contributed by atoms with Gasteiger partial charge >= 0.3 is 11.7 Å². The smallest absolute Gasteiger partial charge is 0.341 e. The number of H-pyrrole nitrogens is 1. The summed E-state index contributed by atoms with van der Waals surface area (Å²) in [5.74, 6) is -0.647. The fraction of sp³-hybridized carbons (Fsp3) is 0.412. The molecule has 0 unspecified atom stereocenters. The van der Waals surface area contributed by atoms with Gasteiger partial charge in [0.2, 0.25) is 5.43 Å². The Morgan fingerprint density at radius 3 is 2.58 bits per heavy atom. The molecule has 0 aliphatic carbocycles. The molecule has 140 valence electrons. The number of nitrogens with zero attached hydrogens (tertiary/aromatic N) is 2. The molecule has 0 fully saturated rings. The van der Waals surface area contributed by atoms with Gasteiger partial charge in [-0.1, -0.05) is 13.3 Å². The zero-order chi connectivity index (χ0) is 19.6. The molecule has 0 amide bonds. The molecule has 0 saturated heterocycles. The molecule has 2 N–H and O–H groups in total. The first-order chi connectivity index (χ1) is 12.2. The van der Waals surface area contributed by atoms with Gasteiger partial charge in [0.15, 0.2) is 0 Å². The van der Waals surface area contributed by atoms with Crippen LogP contribution in [0.25, 0.3) is 10.9 Å². The number of aromatic amines is 1. The number of fused-ring (bicyclic) bond motifs is 1. The third-order valence-electron chi connectivity index (χ3n) is 3.99. The summed E-state index contributed by atoms with van der Waals surface area (Å²) in [5, 5.41) is 21.1. The van der Waals surface area contributed by atoms with Crippen molar-refractivity contribution in [3.8, 4) is 0 Å². The molecule has 1 aromatic carbocycles. The number of nitro groups is 1. The molecule has 1 heterocycles. The second-order valence-corrected chi connectivity index (χ2v) is 7.24. The number of pyridine rings is 1. The summed E-state index contributed by atoms with van der Waals surface area (Å²) in [6, 6.07) is 1.57. The summed E-state index contributed by atoms with van der Waals surface area (Å²) in [6.07, 6.45) is 1.87. The molecular formula is C17H21N3O5S. The summed E-state index contributed by atoms with van der Waals surface area (Å²) in [7, 11) is 3.20. The van der Waals surface area contributed by atoms with Crippen LogP contribution in [0.15, 0.2) is 15.8 Å². The Labute approximate surface area is 154 Å². The number of rotatable bonds is 7. The summed E-state index contributed by atoms with van der Waals surface area (Å²) < 4.78 is 0. The second kappa shape index (κ2) is 7.77. The summed E-state index contributed by atoms with van der Waals surface area (Å²) in [6.45, 7) is 3.54. The van der Waals surface area contributed by atoms with Crippen LogP contribution in [-0.4, -0.2) is 40.8 Å². The Morgan fingerprint density at radius 2 is 2.08 bits per heavy atom. The van der Waals surface area contributed by atoms with E-state index in [1.807, 2.05) is 6.92 Å². The number of benzene rings is 1. The first-order valence-electron chi connectivity index (χ1n) is 8.12. The molecule has 0 radical (unpaired) electrons. The first-order valence-corrected chi connectivity index (χ1v) is 9.10. The Kier molecular flexibility index (Phi) is 5.91. The third kappa shape index (κ3) is 3.52. The molecule has 0 bridgehead atoms. The van der Waals surface area contributed by atoms with Gasteiger partial charge in [0.25, 0.3) is 0 Å². The van der Waals surface area contributed by atoms with E-state index < -0.39 is 21.9 Å². The van der Waals surface area contributed by atoms with Gasteiger partial charge in [0, 0.05) is 19.8 Å². The number of anilines is 1. The Morgan fingerprint density at radius 1 is 1.42 bits per heavy atom. The Bertz CT molecular complexity index is 936. The second-order valence-electron chi connectivity index (χ2n) is 6.11. The molecule has 1 aromatic heterocycles. The highest BCUT2D eigenvalue weighted by atomic mass is 32.2. The lowest BCUT2D eigenvalue weighted by Gasteiger charge is -2.18. The van der Waals surface area contributed by atoms with Crippen LogP contribution in [0.1, 0.15) is 35.8 Å². The van der Waals surface area contributed by atoms with Crippen molar-refractivity contribution in [1.82, 2.24) is 4.98 Å². The van der Waals surface area contributed by atoms with Crippen molar-refractivity contribution >= 4 is 40.0 Å². The topological polar surface area (TPSA) is 117 Å². The van der Waals surface area contributed by atoms with E-state index in [-0.39, 0.29) is 22.5 Å². The maximum Gasteiger partial charge on any atom is 0.341 e. The van der Waals surface area contributed by atoms with Gasteiger partial charge in [-0.05, 0) is 25.2 Å². The minimum atomic E-state index is -1.36. The molecule has 0 aliphatic heterocycles. The minimum absolute atomic E-state index is 0.0181. The number of nitro benzene ring substituents is 1. The molecule has 2 aromatic rings. The fourth-order valence-corrected chi connectivity index (χ4v) is 3.99. The highest BCUT2D eigenvalue weighted by Gasteiger charge is 2.29. The van der Waals surface area contributed by atoms with Gasteiger partial charge in [-0.2, -0.15) is 0 Å². The van der Waals surface area contributed by atoms with E-state index in [1.165, 1.54) is 23.6 Å². The molecule has 0 saturated carbocycles. The van der Waals surface area contributed by atoms with E-state index in [0.29, 0.717) is 16.2 Å². The summed E-state index contributed by atoms with van der Waals surface area (Å²) >= 11 is 1.36. The highest BCUT2D eigenvalue weighted by molar-refractivity contribution is 7.99. The zero-order valence-corrected chi connectivity index (χ0v) is 15.9. The van der Waals surface area contributed by atoms with Crippen LogP contribution >= 0.6 is 11.8 Å². The van der Waals surface area contributed by atoms with Crippen LogP contribution in [0.5, 0.6) is 0 Å². The quantitative estimate of drug-likeness (QED) is 0.328. The van der Waals surface area contributed by atoms with Crippen LogP contribution in [0.2, 0.25) is 0 Å². The first kappa shape index (κ1) is 19.8. The molecule has 2 rings (SSSR count). The number of aryl methyl sites for hydroxylation is 1. The number of unbranched alkanes of at least 4 members (excludes halogenated alkanes) is 1. The van der Waals surface area contributed by atoms with Crippen LogP contribution in [0.4, 0.5) is 11.4 Å². The van der Waals surface area contributed by atoms with Gasteiger partial charge < -0.3 is 15.0 Å². The maximum atomic E-state index is 12.8. The number of carboxylic acid groups (broad SMARTS) is 1. The predicted molar refractivity (Wildman–Crippen MR) is 103 cm³/mol. The maximum absolute atomic E-state index is 12.8. The molecule has 0 atom stereocenters. The number of carboxylic acids is 1. The number of nitrogens with one attached hydrogen (secondary N) is 1. The molecule has 26 heavy (non-hydrogen) atoms. The van der Waals surface area contributed by atoms with Crippen LogP contribution in [0.3, 0.4) is 0 Å². The predicted octanol–water partition coefficient (Wildman–Crippen LogP) is 3.40.